The van der Waals surface area contributed by atoms with Crippen LogP contribution in [-0.4, -0.2) is 38.7 Å². The third-order valence-electron chi connectivity index (χ3n) is 3.17. The number of ether oxygens (including phenoxy) is 2. The molecule has 0 fully saturated rings. The van der Waals surface area contributed by atoms with E-state index in [2.05, 4.69) is 25.6 Å². The molecule has 0 unspecified atom stereocenters. The van der Waals surface area contributed by atoms with Gasteiger partial charge in [0.2, 0.25) is 10.0 Å². The Balaban J connectivity index is 2.09. The number of nitrogens with one attached hydrogen (secondary N) is 1. The number of halogens is 1. The second-order valence-corrected chi connectivity index (χ2v) is 7.28. The van der Waals surface area contributed by atoms with Crippen LogP contribution in [0.25, 0.3) is 0 Å². The summed E-state index contributed by atoms with van der Waals surface area (Å²) in [6, 6.07) is 3.00. The smallest absolute Gasteiger partial charge is 0.244 e. The van der Waals surface area contributed by atoms with E-state index < -0.39 is 10.0 Å². The van der Waals surface area contributed by atoms with Crippen molar-refractivity contribution < 1.29 is 17.9 Å². The summed E-state index contributed by atoms with van der Waals surface area (Å²) >= 11 is 3.31. The first-order valence-corrected chi connectivity index (χ1v) is 9.12. The molecule has 0 radical (unpaired) electrons. The highest BCUT2D eigenvalue weighted by Gasteiger charge is 2.21. The van der Waals surface area contributed by atoms with Crippen molar-refractivity contribution in [1.82, 2.24) is 14.3 Å². The second kappa shape index (κ2) is 7.80. The van der Waals surface area contributed by atoms with Gasteiger partial charge in [-0.25, -0.2) is 18.1 Å². The number of nitrogens with zero attached hydrogens (tertiary/aromatic N) is 2. The number of aryl methyl sites for hydroxylation is 1. The molecule has 0 aliphatic rings. The highest BCUT2D eigenvalue weighted by Crippen LogP contribution is 2.35. The van der Waals surface area contributed by atoms with Gasteiger partial charge in [-0.1, -0.05) is 0 Å². The average Bonchev–Trinajstić information content (AvgIpc) is 3.04. The standard InChI is InChI=1S/C14H18BrN3O4S/c1-21-12-9-14(13(22-2)8-11(12)15)23(19,20)17-4-3-6-18-7-5-16-10-18/h5,7-10,17H,3-4,6H2,1-2H3. The fourth-order valence-electron chi connectivity index (χ4n) is 2.01. The number of benzene rings is 1. The normalized spacial score (nSPS) is 11.4. The van der Waals surface area contributed by atoms with E-state index in [1.807, 2.05) is 10.8 Å². The molecule has 0 spiro atoms. The van der Waals surface area contributed by atoms with Gasteiger partial charge in [-0.05, 0) is 28.4 Å². The van der Waals surface area contributed by atoms with Crippen LogP contribution in [-0.2, 0) is 16.6 Å². The van der Waals surface area contributed by atoms with Gasteiger partial charge in [-0.2, -0.15) is 0 Å². The molecule has 1 heterocycles. The molecule has 0 saturated heterocycles. The van der Waals surface area contributed by atoms with Gasteiger partial charge >= 0.3 is 0 Å². The average molecular weight is 404 g/mol. The molecule has 0 saturated carbocycles. The van der Waals surface area contributed by atoms with Crippen molar-refractivity contribution in [2.75, 3.05) is 20.8 Å². The van der Waals surface area contributed by atoms with Crippen LogP contribution in [0.2, 0.25) is 0 Å². The Morgan fingerprint density at radius 1 is 1.26 bits per heavy atom. The Bertz CT molecular complexity index is 748. The van der Waals surface area contributed by atoms with E-state index in [0.29, 0.717) is 29.7 Å². The molecule has 0 atom stereocenters. The van der Waals surface area contributed by atoms with Crippen molar-refractivity contribution in [2.45, 2.75) is 17.9 Å². The Labute approximate surface area is 143 Å². The number of imidazole rings is 1. The second-order valence-electron chi connectivity index (χ2n) is 4.69. The zero-order chi connectivity index (χ0) is 16.9. The summed E-state index contributed by atoms with van der Waals surface area (Å²) in [5.41, 5.74) is 0. The van der Waals surface area contributed by atoms with Crippen molar-refractivity contribution in [2.24, 2.45) is 0 Å². The molecule has 1 aromatic heterocycles. The lowest BCUT2D eigenvalue weighted by Gasteiger charge is -2.13. The molecule has 0 aliphatic carbocycles. The lowest BCUT2D eigenvalue weighted by molar-refractivity contribution is 0.390. The summed E-state index contributed by atoms with van der Waals surface area (Å²) in [4.78, 5) is 3.98. The Hall–Kier alpha value is -1.58. The van der Waals surface area contributed by atoms with Crippen molar-refractivity contribution in [3.8, 4) is 11.5 Å². The predicted octanol–water partition coefficient (Wildman–Crippen LogP) is 2.03. The molecular weight excluding hydrogens is 386 g/mol. The minimum atomic E-state index is -3.69. The molecular formula is C14H18BrN3O4S. The van der Waals surface area contributed by atoms with Crippen LogP contribution in [0.5, 0.6) is 11.5 Å². The molecule has 2 rings (SSSR count). The highest BCUT2D eigenvalue weighted by molar-refractivity contribution is 9.10. The van der Waals surface area contributed by atoms with Crippen molar-refractivity contribution in [3.05, 3.63) is 35.3 Å². The summed E-state index contributed by atoms with van der Waals surface area (Å²) < 4.78 is 40.3. The van der Waals surface area contributed by atoms with Crippen LogP contribution < -0.4 is 14.2 Å². The Kier molecular flexibility index (Phi) is 6.03. The quantitative estimate of drug-likeness (QED) is 0.681. The van der Waals surface area contributed by atoms with Gasteiger partial charge in [0.15, 0.2) is 0 Å². The molecule has 7 nitrogen and oxygen atoms in total. The summed E-state index contributed by atoms with van der Waals surface area (Å²) in [5.74, 6) is 0.671. The van der Waals surface area contributed by atoms with E-state index in [1.54, 1.807) is 18.6 Å². The zero-order valence-electron chi connectivity index (χ0n) is 12.8. The van der Waals surface area contributed by atoms with Gasteiger partial charge in [0, 0.05) is 31.5 Å². The van der Waals surface area contributed by atoms with Gasteiger partial charge in [-0.3, -0.25) is 0 Å². The number of rotatable bonds is 8. The van der Waals surface area contributed by atoms with Crippen molar-refractivity contribution >= 4 is 26.0 Å². The maximum Gasteiger partial charge on any atom is 0.244 e. The molecule has 23 heavy (non-hydrogen) atoms. The van der Waals surface area contributed by atoms with Crippen LogP contribution in [0.1, 0.15) is 6.42 Å². The van der Waals surface area contributed by atoms with E-state index in [0.717, 1.165) is 0 Å². The fourth-order valence-corrected chi connectivity index (χ4v) is 3.73. The van der Waals surface area contributed by atoms with Crippen molar-refractivity contribution in [3.63, 3.8) is 0 Å². The molecule has 0 amide bonds. The van der Waals surface area contributed by atoms with Crippen LogP contribution in [0, 0.1) is 0 Å². The highest BCUT2D eigenvalue weighted by atomic mass is 79.9. The van der Waals surface area contributed by atoms with E-state index in [4.69, 9.17) is 9.47 Å². The van der Waals surface area contributed by atoms with Crippen LogP contribution in [0.15, 0.2) is 40.2 Å². The van der Waals surface area contributed by atoms with Gasteiger partial charge in [0.1, 0.15) is 16.4 Å². The van der Waals surface area contributed by atoms with Gasteiger partial charge < -0.3 is 14.0 Å². The number of sulfonamides is 1. The molecule has 2 aromatic rings. The SMILES string of the molecule is COc1cc(S(=O)(=O)NCCCn2ccnc2)c(OC)cc1Br. The first kappa shape index (κ1) is 17.8. The van der Waals surface area contributed by atoms with Gasteiger partial charge in [-0.15, -0.1) is 0 Å². The van der Waals surface area contributed by atoms with E-state index in [1.165, 1.54) is 20.3 Å². The summed E-state index contributed by atoms with van der Waals surface area (Å²) in [6.45, 7) is 0.991. The van der Waals surface area contributed by atoms with Crippen LogP contribution in [0.4, 0.5) is 0 Å². The zero-order valence-corrected chi connectivity index (χ0v) is 15.2. The van der Waals surface area contributed by atoms with E-state index in [-0.39, 0.29) is 10.6 Å². The lowest BCUT2D eigenvalue weighted by atomic mass is 10.3. The summed E-state index contributed by atoms with van der Waals surface area (Å²) in [5, 5.41) is 0. The number of hydrogen-bond acceptors (Lipinski definition) is 5. The Morgan fingerprint density at radius 3 is 2.61 bits per heavy atom. The molecule has 0 bridgehead atoms. The van der Waals surface area contributed by atoms with E-state index in [9.17, 15) is 8.42 Å². The van der Waals surface area contributed by atoms with E-state index >= 15 is 0 Å². The molecule has 1 aromatic carbocycles. The van der Waals surface area contributed by atoms with Gasteiger partial charge in [0.25, 0.3) is 0 Å². The van der Waals surface area contributed by atoms with Crippen LogP contribution >= 0.6 is 15.9 Å². The fraction of sp³-hybridized carbons (Fsp3) is 0.357. The monoisotopic (exact) mass is 403 g/mol. The lowest BCUT2D eigenvalue weighted by Crippen LogP contribution is -2.26. The molecule has 126 valence electrons. The number of hydrogen-bond donors (Lipinski definition) is 1. The summed E-state index contributed by atoms with van der Waals surface area (Å²) in [6.07, 6.45) is 5.85. The maximum atomic E-state index is 12.5. The van der Waals surface area contributed by atoms with Gasteiger partial charge in [0.05, 0.1) is 25.0 Å². The number of methoxy groups -OCH3 is 2. The van der Waals surface area contributed by atoms with Crippen molar-refractivity contribution in [1.29, 1.82) is 0 Å². The molecule has 0 aliphatic heterocycles. The largest absolute Gasteiger partial charge is 0.496 e. The number of aromatic nitrogens is 2. The minimum absolute atomic E-state index is 0.0441. The Morgan fingerprint density at radius 2 is 2.00 bits per heavy atom. The topological polar surface area (TPSA) is 82.5 Å². The third-order valence-corrected chi connectivity index (χ3v) is 5.27. The minimum Gasteiger partial charge on any atom is -0.496 e. The summed E-state index contributed by atoms with van der Waals surface area (Å²) in [7, 11) is -0.798. The van der Waals surface area contributed by atoms with Crippen LogP contribution in [0.3, 0.4) is 0 Å². The molecule has 1 N–H and O–H groups in total. The maximum absolute atomic E-state index is 12.5. The first-order chi connectivity index (χ1) is 11.0. The third kappa shape index (κ3) is 4.46. The first-order valence-electron chi connectivity index (χ1n) is 6.85. The predicted molar refractivity (Wildman–Crippen MR) is 89.3 cm³/mol. The molecule has 9 heteroatoms.